The maximum atomic E-state index is 12.1. The lowest BCUT2D eigenvalue weighted by Crippen LogP contribution is -2.15. The van der Waals surface area contributed by atoms with Gasteiger partial charge in [0, 0.05) is 18.9 Å². The Morgan fingerprint density at radius 1 is 1.24 bits per heavy atom. The van der Waals surface area contributed by atoms with Gasteiger partial charge in [0.2, 0.25) is 0 Å². The Morgan fingerprint density at radius 2 is 1.90 bits per heavy atom. The lowest BCUT2D eigenvalue weighted by molar-refractivity contribution is -0.137. The summed E-state index contributed by atoms with van der Waals surface area (Å²) in [4.78, 5) is 22.8. The lowest BCUT2D eigenvalue weighted by Gasteiger charge is -2.11. The fourth-order valence-corrected chi connectivity index (χ4v) is 2.17. The van der Waals surface area contributed by atoms with Crippen molar-refractivity contribution in [2.75, 3.05) is 5.32 Å². The number of amides is 1. The zero-order valence-electron chi connectivity index (χ0n) is 12.0. The molecule has 2 aromatic rings. The lowest BCUT2D eigenvalue weighted by atomic mass is 9.98. The SMILES string of the molecule is CC(CC(=O)O)c1ccc(NC(=O)c2cccn2C)cc1. The minimum Gasteiger partial charge on any atom is -0.481 e. The number of rotatable bonds is 5. The van der Waals surface area contributed by atoms with E-state index in [1.165, 1.54) is 0 Å². The predicted octanol–water partition coefficient (Wildman–Crippen LogP) is 2.86. The van der Waals surface area contributed by atoms with Crippen LogP contribution in [0.3, 0.4) is 0 Å². The van der Waals surface area contributed by atoms with Crippen molar-refractivity contribution in [3.8, 4) is 0 Å². The molecule has 1 amide bonds. The molecule has 0 fully saturated rings. The molecule has 0 spiro atoms. The van der Waals surface area contributed by atoms with Crippen LogP contribution in [-0.4, -0.2) is 21.6 Å². The fraction of sp³-hybridized carbons (Fsp3) is 0.250. The van der Waals surface area contributed by atoms with Gasteiger partial charge in [0.1, 0.15) is 5.69 Å². The second-order valence-electron chi connectivity index (χ2n) is 5.08. The number of carboxylic acids is 1. The van der Waals surface area contributed by atoms with Crippen molar-refractivity contribution >= 4 is 17.6 Å². The molecule has 1 atom stereocenters. The van der Waals surface area contributed by atoms with Crippen molar-refractivity contribution in [3.05, 3.63) is 53.9 Å². The molecule has 110 valence electrons. The van der Waals surface area contributed by atoms with Crippen LogP contribution in [0, 0.1) is 0 Å². The minimum atomic E-state index is -0.816. The molecule has 0 saturated carbocycles. The van der Waals surface area contributed by atoms with E-state index in [2.05, 4.69) is 5.32 Å². The molecule has 5 heteroatoms. The zero-order chi connectivity index (χ0) is 15.4. The molecule has 1 aromatic carbocycles. The summed E-state index contributed by atoms with van der Waals surface area (Å²) >= 11 is 0. The van der Waals surface area contributed by atoms with Crippen LogP contribution < -0.4 is 5.32 Å². The summed E-state index contributed by atoms with van der Waals surface area (Å²) in [6.07, 6.45) is 1.90. The summed E-state index contributed by atoms with van der Waals surface area (Å²) in [7, 11) is 1.81. The Morgan fingerprint density at radius 3 is 2.43 bits per heavy atom. The molecular weight excluding hydrogens is 268 g/mol. The summed E-state index contributed by atoms with van der Waals surface area (Å²) < 4.78 is 1.75. The maximum absolute atomic E-state index is 12.1. The number of anilines is 1. The third kappa shape index (κ3) is 3.72. The van der Waals surface area contributed by atoms with Crippen LogP contribution in [0.25, 0.3) is 0 Å². The van der Waals surface area contributed by atoms with Gasteiger partial charge in [-0.3, -0.25) is 9.59 Å². The van der Waals surface area contributed by atoms with Crippen LogP contribution >= 0.6 is 0 Å². The van der Waals surface area contributed by atoms with Gasteiger partial charge in [-0.15, -0.1) is 0 Å². The van der Waals surface area contributed by atoms with Gasteiger partial charge in [0.25, 0.3) is 5.91 Å². The molecule has 0 radical (unpaired) electrons. The van der Waals surface area contributed by atoms with Gasteiger partial charge in [0.05, 0.1) is 6.42 Å². The van der Waals surface area contributed by atoms with Crippen molar-refractivity contribution in [1.29, 1.82) is 0 Å². The highest BCUT2D eigenvalue weighted by Gasteiger charge is 2.11. The molecule has 1 unspecified atom stereocenters. The van der Waals surface area contributed by atoms with Crippen LogP contribution in [0.1, 0.15) is 35.3 Å². The Hall–Kier alpha value is -2.56. The van der Waals surface area contributed by atoms with Gasteiger partial charge in [0.15, 0.2) is 0 Å². The van der Waals surface area contributed by atoms with Gasteiger partial charge in [-0.25, -0.2) is 0 Å². The Balaban J connectivity index is 2.04. The number of aryl methyl sites for hydroxylation is 1. The average molecular weight is 286 g/mol. The largest absolute Gasteiger partial charge is 0.481 e. The van der Waals surface area contributed by atoms with Gasteiger partial charge >= 0.3 is 5.97 Å². The monoisotopic (exact) mass is 286 g/mol. The highest BCUT2D eigenvalue weighted by atomic mass is 16.4. The topological polar surface area (TPSA) is 71.3 Å². The number of nitrogens with zero attached hydrogens (tertiary/aromatic N) is 1. The summed E-state index contributed by atoms with van der Waals surface area (Å²) in [5.74, 6) is -1.04. The second-order valence-corrected chi connectivity index (χ2v) is 5.08. The fourth-order valence-electron chi connectivity index (χ4n) is 2.17. The number of carbonyl (C=O) groups is 2. The molecule has 2 rings (SSSR count). The van der Waals surface area contributed by atoms with E-state index in [0.717, 1.165) is 5.56 Å². The number of nitrogens with one attached hydrogen (secondary N) is 1. The Labute approximate surface area is 123 Å². The maximum Gasteiger partial charge on any atom is 0.303 e. The molecule has 0 aliphatic carbocycles. The highest BCUT2D eigenvalue weighted by molar-refractivity contribution is 6.03. The van der Waals surface area contributed by atoms with Crippen LogP contribution in [0.5, 0.6) is 0 Å². The van der Waals surface area contributed by atoms with E-state index < -0.39 is 5.97 Å². The minimum absolute atomic E-state index is 0.0554. The molecule has 0 saturated heterocycles. The van der Waals surface area contributed by atoms with Crippen molar-refractivity contribution in [2.45, 2.75) is 19.3 Å². The zero-order valence-corrected chi connectivity index (χ0v) is 12.0. The summed E-state index contributed by atoms with van der Waals surface area (Å²) in [6.45, 7) is 1.87. The first kappa shape index (κ1) is 14.8. The van der Waals surface area contributed by atoms with E-state index in [4.69, 9.17) is 5.11 Å². The van der Waals surface area contributed by atoms with E-state index in [1.54, 1.807) is 22.8 Å². The number of hydrogen-bond acceptors (Lipinski definition) is 2. The van der Waals surface area contributed by atoms with Crippen LogP contribution in [-0.2, 0) is 11.8 Å². The quantitative estimate of drug-likeness (QED) is 0.887. The predicted molar refractivity (Wildman–Crippen MR) is 80.5 cm³/mol. The highest BCUT2D eigenvalue weighted by Crippen LogP contribution is 2.21. The average Bonchev–Trinajstić information content (AvgIpc) is 2.85. The van der Waals surface area contributed by atoms with E-state index in [1.807, 2.05) is 38.4 Å². The van der Waals surface area contributed by atoms with E-state index in [-0.39, 0.29) is 18.2 Å². The van der Waals surface area contributed by atoms with E-state index in [9.17, 15) is 9.59 Å². The Kier molecular flexibility index (Phi) is 4.42. The molecule has 2 N–H and O–H groups in total. The molecule has 0 aliphatic heterocycles. The first-order chi connectivity index (χ1) is 9.97. The van der Waals surface area contributed by atoms with E-state index >= 15 is 0 Å². The molecule has 21 heavy (non-hydrogen) atoms. The molecule has 1 aromatic heterocycles. The summed E-state index contributed by atoms with van der Waals surface area (Å²) in [5, 5.41) is 11.6. The standard InChI is InChI=1S/C16H18N2O3/c1-11(10-15(19)20)12-5-7-13(8-6-12)17-16(21)14-4-3-9-18(14)2/h3-9,11H,10H2,1-2H3,(H,17,21)(H,19,20). The number of carboxylic acid groups (broad SMARTS) is 1. The Bertz CT molecular complexity index is 644. The number of aliphatic carboxylic acids is 1. The van der Waals surface area contributed by atoms with Gasteiger partial charge in [-0.05, 0) is 35.7 Å². The van der Waals surface area contributed by atoms with Crippen LogP contribution in [0.2, 0.25) is 0 Å². The summed E-state index contributed by atoms with van der Waals surface area (Å²) in [6, 6.07) is 10.8. The van der Waals surface area contributed by atoms with Crippen LogP contribution in [0.4, 0.5) is 5.69 Å². The van der Waals surface area contributed by atoms with Crippen molar-refractivity contribution in [1.82, 2.24) is 4.57 Å². The third-order valence-corrected chi connectivity index (χ3v) is 3.39. The first-order valence-corrected chi connectivity index (χ1v) is 6.72. The number of aromatic nitrogens is 1. The molecule has 0 aliphatic rings. The molecule has 0 bridgehead atoms. The molecule has 1 heterocycles. The smallest absolute Gasteiger partial charge is 0.303 e. The van der Waals surface area contributed by atoms with Crippen molar-refractivity contribution in [3.63, 3.8) is 0 Å². The molecular formula is C16H18N2O3. The van der Waals surface area contributed by atoms with Crippen molar-refractivity contribution in [2.24, 2.45) is 7.05 Å². The third-order valence-electron chi connectivity index (χ3n) is 3.39. The number of carbonyl (C=O) groups excluding carboxylic acids is 1. The first-order valence-electron chi connectivity index (χ1n) is 6.72. The van der Waals surface area contributed by atoms with Gasteiger partial charge < -0.3 is 15.0 Å². The van der Waals surface area contributed by atoms with Gasteiger partial charge in [-0.1, -0.05) is 19.1 Å². The normalized spacial score (nSPS) is 11.9. The van der Waals surface area contributed by atoms with Crippen molar-refractivity contribution < 1.29 is 14.7 Å². The van der Waals surface area contributed by atoms with Gasteiger partial charge in [-0.2, -0.15) is 0 Å². The van der Waals surface area contributed by atoms with Crippen LogP contribution in [0.15, 0.2) is 42.6 Å². The van der Waals surface area contributed by atoms with E-state index in [0.29, 0.717) is 11.4 Å². The number of benzene rings is 1. The number of hydrogen-bond donors (Lipinski definition) is 2. The summed E-state index contributed by atoms with van der Waals surface area (Å²) in [5.41, 5.74) is 2.21. The second kappa shape index (κ2) is 6.26. The molecule has 5 nitrogen and oxygen atoms in total.